The van der Waals surface area contributed by atoms with Crippen molar-refractivity contribution in [2.24, 2.45) is 0 Å². The Hall–Kier alpha value is -3.36. The fourth-order valence-corrected chi connectivity index (χ4v) is 5.04. The zero-order chi connectivity index (χ0) is 20.0. The molecule has 0 spiro atoms. The van der Waals surface area contributed by atoms with Crippen LogP contribution in [0.3, 0.4) is 0 Å². The van der Waals surface area contributed by atoms with E-state index in [-0.39, 0.29) is 13.1 Å². The third-order valence-corrected chi connectivity index (χ3v) is 6.48. The van der Waals surface area contributed by atoms with Crippen molar-refractivity contribution in [2.75, 3.05) is 0 Å². The highest BCUT2D eigenvalue weighted by molar-refractivity contribution is 7.79. The molecule has 0 radical (unpaired) electrons. The van der Waals surface area contributed by atoms with Crippen molar-refractivity contribution in [3.63, 3.8) is 0 Å². The number of H-pyrrole nitrogens is 2. The second-order valence-corrected chi connectivity index (χ2v) is 8.33. The molecule has 0 aliphatic heterocycles. The number of rotatable bonds is 3. The Morgan fingerprint density at radius 3 is 0.839 bits per heavy atom. The predicted octanol–water partition coefficient (Wildman–Crippen LogP) is 4.44. The maximum Gasteiger partial charge on any atom is 0.0814 e. The summed E-state index contributed by atoms with van der Waals surface area (Å²) < 4.78 is 0. The van der Waals surface area contributed by atoms with Gasteiger partial charge in [0.15, 0.2) is 0 Å². The Morgan fingerprint density at radius 2 is 0.645 bits per heavy atom. The number of halogens is 1. The third kappa shape index (κ3) is 8.90. The van der Waals surface area contributed by atoms with Gasteiger partial charge in [0.05, 0.1) is 8.41 Å². The molecule has 0 saturated heterocycles. The topological polar surface area (TPSA) is 31.6 Å². The van der Waals surface area contributed by atoms with Crippen LogP contribution in [0.5, 0.6) is 0 Å². The Morgan fingerprint density at radius 1 is 0.387 bits per heavy atom. The van der Waals surface area contributed by atoms with Gasteiger partial charge in [-0.05, 0) is 48.1 Å². The molecular weight excluding hydrogens is 401 g/mol. The van der Waals surface area contributed by atoms with E-state index < -0.39 is 7.92 Å². The molecule has 0 fully saturated rings. The minimum absolute atomic E-state index is 0. The van der Waals surface area contributed by atoms with Crippen LogP contribution in [0.2, 0.25) is 0 Å². The molecule has 0 unspecified atom stereocenters. The van der Waals surface area contributed by atoms with Gasteiger partial charge in [-0.15, -0.1) is 0 Å². The van der Waals surface area contributed by atoms with Crippen LogP contribution >= 0.6 is 7.92 Å². The summed E-state index contributed by atoms with van der Waals surface area (Å²) in [4.78, 5) is 5.72. The fourth-order valence-electron chi connectivity index (χ4n) is 2.73. The molecule has 0 saturated carbocycles. The molecule has 2 aromatic heterocycles. The summed E-state index contributed by atoms with van der Waals surface area (Å²) >= 11 is 0. The van der Waals surface area contributed by atoms with Crippen LogP contribution < -0.4 is 15.9 Å². The molecule has 158 valence electrons. The van der Waals surface area contributed by atoms with E-state index in [4.69, 9.17) is 0 Å². The first-order valence-electron chi connectivity index (χ1n) is 9.56. The van der Waals surface area contributed by atoms with Gasteiger partial charge in [-0.2, -0.15) is 0 Å². The Bertz CT molecular complexity index is 839. The lowest BCUT2D eigenvalue weighted by atomic mass is 10.4. The van der Waals surface area contributed by atoms with Crippen LogP contribution in [0, 0.1) is 0 Å². The van der Waals surface area contributed by atoms with Gasteiger partial charge in [-0.25, -0.2) is 0 Å². The highest BCUT2D eigenvalue weighted by atomic mass is 31.1. The smallest absolute Gasteiger partial charge is 0.0814 e. The van der Waals surface area contributed by atoms with E-state index in [1.807, 2.05) is 49.1 Å². The van der Waals surface area contributed by atoms with Crippen molar-refractivity contribution in [1.29, 1.82) is 0 Å². The summed E-state index contributed by atoms with van der Waals surface area (Å²) in [6.07, 6.45) is 7.50. The van der Waals surface area contributed by atoms with Gasteiger partial charge < -0.3 is 9.97 Å². The van der Waals surface area contributed by atoms with Crippen LogP contribution in [0.15, 0.2) is 140 Å². The molecule has 2 nitrogen and oxygen atoms in total. The van der Waals surface area contributed by atoms with E-state index in [9.17, 15) is 0 Å². The van der Waals surface area contributed by atoms with Crippen molar-refractivity contribution < 1.29 is 4.70 Å². The maximum atomic E-state index is 2.86. The predicted molar refractivity (Wildman–Crippen MR) is 139 cm³/mol. The molecule has 0 amide bonds. The van der Waals surface area contributed by atoms with Gasteiger partial charge in [-0.1, -0.05) is 91.0 Å². The molecule has 2 heterocycles. The number of aromatic amines is 2. The van der Waals surface area contributed by atoms with E-state index in [0.29, 0.717) is 0 Å². The van der Waals surface area contributed by atoms with Crippen LogP contribution in [0.1, 0.15) is 0 Å². The molecule has 0 aliphatic carbocycles. The van der Waals surface area contributed by atoms with Crippen LogP contribution in [-0.4, -0.2) is 18.4 Å². The maximum absolute atomic E-state index is 2.86. The molecule has 0 atom stereocenters. The molecule has 0 aliphatic rings. The van der Waals surface area contributed by atoms with Crippen molar-refractivity contribution in [2.45, 2.75) is 0 Å². The van der Waals surface area contributed by atoms with Gasteiger partial charge in [0.1, 0.15) is 0 Å². The van der Waals surface area contributed by atoms with Crippen molar-refractivity contribution in [3.8, 4) is 0 Å². The van der Waals surface area contributed by atoms with Gasteiger partial charge >= 0.3 is 0 Å². The second-order valence-electron chi connectivity index (χ2n) is 6.11. The number of hydrogen-bond acceptors (Lipinski definition) is 0. The van der Waals surface area contributed by atoms with Gasteiger partial charge in [0.25, 0.3) is 0 Å². The highest BCUT2D eigenvalue weighted by Crippen LogP contribution is 2.32. The molecule has 2 N–H and O–H groups in total. The molecule has 31 heavy (non-hydrogen) atoms. The van der Waals surface area contributed by atoms with Crippen molar-refractivity contribution >= 4 is 32.2 Å². The first-order valence-corrected chi connectivity index (χ1v) is 10.9. The number of benzene rings is 3. The van der Waals surface area contributed by atoms with E-state index in [0.717, 1.165) is 0 Å². The zero-order valence-electron chi connectivity index (χ0n) is 16.6. The normalized spacial score (nSPS) is 9.06. The number of hydrogen-bond donors (Lipinski definition) is 2. The minimum atomic E-state index is -0.446. The summed E-state index contributed by atoms with van der Waals surface area (Å²) in [5, 5.41) is 4.19. The average molecular weight is 430 g/mol. The number of nitrogens with one attached hydrogen (secondary N) is 2. The van der Waals surface area contributed by atoms with Gasteiger partial charge in [0, 0.05) is 24.8 Å². The molecule has 5 rings (SSSR count). The molecule has 5 aromatic rings. The SMILES string of the molecule is B.F.c1cc[nH]c1.c1cc[nH]c1.c1ccc(P(c2ccccc2)c2ccccc2)cc1. The zero-order valence-corrected chi connectivity index (χ0v) is 17.5. The van der Waals surface area contributed by atoms with E-state index in [1.54, 1.807) is 0 Å². The lowest BCUT2D eigenvalue weighted by molar-refractivity contribution is 1.11. The standard InChI is InChI=1S/C18H15P.2C4H5N.BH3.FH/c1-4-10-16(11-5-1)19(17-12-6-2-7-13-17)18-14-8-3-9-15-18;2*1-2-4-5-3-1;;/h1-15H;2*1-5H;1H3;1H. The van der Waals surface area contributed by atoms with Crippen molar-refractivity contribution in [3.05, 3.63) is 140 Å². The van der Waals surface area contributed by atoms with Gasteiger partial charge in [-0.3, -0.25) is 4.70 Å². The fraction of sp³-hybridized carbons (Fsp3) is 0. The summed E-state index contributed by atoms with van der Waals surface area (Å²) in [6.45, 7) is 0. The van der Waals surface area contributed by atoms with Gasteiger partial charge in [0.2, 0.25) is 0 Å². The summed E-state index contributed by atoms with van der Waals surface area (Å²) in [6, 6.07) is 40.1. The average Bonchev–Trinajstić information content (AvgIpc) is 3.55. The third-order valence-electron chi connectivity index (χ3n) is 4.04. The quantitative estimate of drug-likeness (QED) is 0.313. The van der Waals surface area contributed by atoms with Crippen molar-refractivity contribution in [1.82, 2.24) is 9.97 Å². The Labute approximate surface area is 187 Å². The Kier molecular flexibility index (Phi) is 12.8. The lowest BCUT2D eigenvalue weighted by Gasteiger charge is -2.18. The summed E-state index contributed by atoms with van der Waals surface area (Å²) in [7, 11) is -0.446. The second kappa shape index (κ2) is 15.5. The monoisotopic (exact) mass is 430 g/mol. The summed E-state index contributed by atoms with van der Waals surface area (Å²) in [5.41, 5.74) is 0. The van der Waals surface area contributed by atoms with E-state index >= 15 is 0 Å². The molecule has 0 bridgehead atoms. The van der Waals surface area contributed by atoms with E-state index in [2.05, 4.69) is 101 Å². The number of aromatic nitrogens is 2. The molecular formula is C26H29BFN2P. The minimum Gasteiger partial charge on any atom is -0.368 e. The first kappa shape index (κ1) is 25.7. The largest absolute Gasteiger partial charge is 0.368 e. The summed E-state index contributed by atoms with van der Waals surface area (Å²) in [5.74, 6) is 0. The van der Waals surface area contributed by atoms with Crippen LogP contribution in [-0.2, 0) is 0 Å². The first-order chi connectivity index (χ1) is 14.4. The lowest BCUT2D eigenvalue weighted by Crippen LogP contribution is -2.20. The Balaban J connectivity index is 0.000000331. The molecule has 5 heteroatoms. The van der Waals surface area contributed by atoms with E-state index in [1.165, 1.54) is 15.9 Å². The van der Waals surface area contributed by atoms with Crippen LogP contribution in [0.25, 0.3) is 0 Å². The highest BCUT2D eigenvalue weighted by Gasteiger charge is 2.14. The molecule has 3 aromatic carbocycles. The van der Waals surface area contributed by atoms with Crippen LogP contribution in [0.4, 0.5) is 4.70 Å².